The Balaban J connectivity index is 1.63. The molecule has 0 bridgehead atoms. The zero-order chi connectivity index (χ0) is 17.8. The van der Waals surface area contributed by atoms with Gasteiger partial charge in [0.25, 0.3) is 0 Å². The van der Waals surface area contributed by atoms with E-state index in [4.69, 9.17) is 9.31 Å². The van der Waals surface area contributed by atoms with E-state index in [0.29, 0.717) is 16.9 Å². The number of hydrogen-bond donors (Lipinski definition) is 0. The Morgan fingerprint density at radius 3 is 2.32 bits per heavy atom. The lowest BCUT2D eigenvalue weighted by Crippen LogP contribution is -2.41. The normalized spacial score (nSPS) is 21.6. The van der Waals surface area contributed by atoms with Crippen molar-refractivity contribution in [2.24, 2.45) is 0 Å². The first-order valence-electron chi connectivity index (χ1n) is 8.88. The first kappa shape index (κ1) is 16.7. The van der Waals surface area contributed by atoms with Crippen molar-refractivity contribution in [2.45, 2.75) is 57.7 Å². The van der Waals surface area contributed by atoms with Crippen molar-refractivity contribution < 1.29 is 13.7 Å². The molecule has 1 aromatic heterocycles. The standard InChI is InChI=1S/C20H23BFNO2/c1-19(2)20(3,4)25-21(24-19)15-7-8-16(17(22)12-15)14-9-10-23-18(11-14)13-5-6-13/h7-13H,5-6H2,1-4H3. The summed E-state index contributed by atoms with van der Waals surface area (Å²) in [6.07, 6.45) is 4.13. The van der Waals surface area contributed by atoms with Gasteiger partial charge in [0.2, 0.25) is 0 Å². The molecule has 2 aliphatic rings. The number of benzene rings is 1. The van der Waals surface area contributed by atoms with Gasteiger partial charge in [-0.3, -0.25) is 4.98 Å². The zero-order valence-electron chi connectivity index (χ0n) is 15.2. The van der Waals surface area contributed by atoms with E-state index in [1.807, 2.05) is 52.0 Å². The highest BCUT2D eigenvalue weighted by Gasteiger charge is 2.51. The van der Waals surface area contributed by atoms with Crippen LogP contribution in [-0.4, -0.2) is 23.3 Å². The van der Waals surface area contributed by atoms with Crippen LogP contribution in [0.1, 0.15) is 52.1 Å². The largest absolute Gasteiger partial charge is 0.494 e. The van der Waals surface area contributed by atoms with E-state index in [1.165, 1.54) is 18.9 Å². The molecule has 1 aliphatic carbocycles. The maximum absolute atomic E-state index is 14.8. The molecule has 0 radical (unpaired) electrons. The van der Waals surface area contributed by atoms with Crippen molar-refractivity contribution in [3.63, 3.8) is 0 Å². The molecule has 0 N–H and O–H groups in total. The molecule has 4 rings (SSSR count). The highest BCUT2D eigenvalue weighted by atomic mass is 19.1. The smallest absolute Gasteiger partial charge is 0.399 e. The Labute approximate surface area is 148 Å². The van der Waals surface area contributed by atoms with Crippen molar-refractivity contribution >= 4 is 12.6 Å². The van der Waals surface area contributed by atoms with Crippen molar-refractivity contribution in [3.05, 3.63) is 48.0 Å². The fraction of sp³-hybridized carbons (Fsp3) is 0.450. The number of rotatable bonds is 3. The van der Waals surface area contributed by atoms with Crippen LogP contribution < -0.4 is 5.46 Å². The summed E-state index contributed by atoms with van der Waals surface area (Å²) in [4.78, 5) is 4.41. The predicted molar refractivity (Wildman–Crippen MR) is 97.3 cm³/mol. The van der Waals surface area contributed by atoms with E-state index in [0.717, 1.165) is 11.3 Å². The van der Waals surface area contributed by atoms with Crippen LogP contribution in [0, 0.1) is 5.82 Å². The van der Waals surface area contributed by atoms with E-state index in [1.54, 1.807) is 6.20 Å². The van der Waals surface area contributed by atoms with Crippen LogP contribution in [0.15, 0.2) is 36.5 Å². The van der Waals surface area contributed by atoms with E-state index in [2.05, 4.69) is 4.98 Å². The Morgan fingerprint density at radius 1 is 1.04 bits per heavy atom. The molecule has 0 unspecified atom stereocenters. The van der Waals surface area contributed by atoms with Gasteiger partial charge in [0.1, 0.15) is 5.82 Å². The van der Waals surface area contributed by atoms with Gasteiger partial charge in [-0.25, -0.2) is 4.39 Å². The second-order valence-corrected chi connectivity index (χ2v) is 8.07. The first-order valence-corrected chi connectivity index (χ1v) is 8.88. The topological polar surface area (TPSA) is 31.4 Å². The second kappa shape index (κ2) is 5.65. The molecule has 130 valence electrons. The monoisotopic (exact) mass is 339 g/mol. The molecule has 2 aromatic rings. The van der Waals surface area contributed by atoms with Gasteiger partial charge in [0.15, 0.2) is 0 Å². The fourth-order valence-corrected chi connectivity index (χ4v) is 3.11. The third kappa shape index (κ3) is 3.00. The molecular formula is C20H23BFNO2. The number of aromatic nitrogens is 1. The number of hydrogen-bond acceptors (Lipinski definition) is 3. The van der Waals surface area contributed by atoms with E-state index in [9.17, 15) is 4.39 Å². The first-order chi connectivity index (χ1) is 11.8. The molecule has 1 saturated carbocycles. The van der Waals surface area contributed by atoms with Crippen LogP contribution >= 0.6 is 0 Å². The highest BCUT2D eigenvalue weighted by molar-refractivity contribution is 6.62. The van der Waals surface area contributed by atoms with E-state index in [-0.39, 0.29) is 5.82 Å². The minimum Gasteiger partial charge on any atom is -0.399 e. The predicted octanol–water partition coefficient (Wildman–Crippen LogP) is 4.06. The summed E-state index contributed by atoms with van der Waals surface area (Å²) in [6, 6.07) is 9.08. The lowest BCUT2D eigenvalue weighted by Gasteiger charge is -2.32. The summed E-state index contributed by atoms with van der Waals surface area (Å²) in [6.45, 7) is 7.98. The third-order valence-corrected chi connectivity index (χ3v) is 5.61. The van der Waals surface area contributed by atoms with Crippen LogP contribution in [-0.2, 0) is 9.31 Å². The van der Waals surface area contributed by atoms with E-state index < -0.39 is 18.3 Å². The van der Waals surface area contributed by atoms with Gasteiger partial charge in [-0.1, -0.05) is 12.1 Å². The molecule has 0 amide bonds. The summed E-state index contributed by atoms with van der Waals surface area (Å²) in [7, 11) is -0.548. The van der Waals surface area contributed by atoms with Crippen molar-refractivity contribution in [1.29, 1.82) is 0 Å². The third-order valence-electron chi connectivity index (χ3n) is 5.61. The lowest BCUT2D eigenvalue weighted by atomic mass is 9.78. The van der Waals surface area contributed by atoms with Crippen LogP contribution in [0.4, 0.5) is 4.39 Å². The summed E-state index contributed by atoms with van der Waals surface area (Å²) in [5, 5.41) is 0. The SMILES string of the molecule is CC1(C)OB(c2ccc(-c3ccnc(C4CC4)c3)c(F)c2)OC1(C)C. The van der Waals surface area contributed by atoms with Crippen LogP contribution in [0.3, 0.4) is 0 Å². The summed E-state index contributed by atoms with van der Waals surface area (Å²) in [5.74, 6) is 0.284. The van der Waals surface area contributed by atoms with Gasteiger partial charge < -0.3 is 9.31 Å². The molecule has 5 heteroatoms. The molecule has 2 heterocycles. The number of nitrogens with zero attached hydrogens (tertiary/aromatic N) is 1. The summed E-state index contributed by atoms with van der Waals surface area (Å²) < 4.78 is 26.8. The van der Waals surface area contributed by atoms with Gasteiger partial charge in [-0.15, -0.1) is 0 Å². The van der Waals surface area contributed by atoms with Gasteiger partial charge in [-0.2, -0.15) is 0 Å². The highest BCUT2D eigenvalue weighted by Crippen LogP contribution is 2.40. The van der Waals surface area contributed by atoms with Gasteiger partial charge in [-0.05, 0) is 69.8 Å². The molecule has 0 spiro atoms. The van der Waals surface area contributed by atoms with Gasteiger partial charge in [0, 0.05) is 23.4 Å². The Hall–Kier alpha value is -1.72. The molecule has 1 aliphatic heterocycles. The van der Waals surface area contributed by atoms with Crippen molar-refractivity contribution in [1.82, 2.24) is 4.98 Å². The lowest BCUT2D eigenvalue weighted by molar-refractivity contribution is 0.00578. The molecular weight excluding hydrogens is 316 g/mol. The fourth-order valence-electron chi connectivity index (χ4n) is 3.11. The van der Waals surface area contributed by atoms with Crippen LogP contribution in [0.2, 0.25) is 0 Å². The quantitative estimate of drug-likeness (QED) is 0.790. The minimum atomic E-state index is -0.548. The molecule has 3 nitrogen and oxygen atoms in total. The van der Waals surface area contributed by atoms with Gasteiger partial charge >= 0.3 is 7.12 Å². The number of halogens is 1. The molecule has 25 heavy (non-hydrogen) atoms. The summed E-state index contributed by atoms with van der Waals surface area (Å²) in [5.41, 5.74) is 2.36. The maximum Gasteiger partial charge on any atom is 0.494 e. The van der Waals surface area contributed by atoms with Crippen LogP contribution in [0.5, 0.6) is 0 Å². The number of pyridine rings is 1. The Morgan fingerprint density at radius 2 is 1.72 bits per heavy atom. The molecule has 1 saturated heterocycles. The average Bonchev–Trinajstić information content (AvgIpc) is 3.35. The van der Waals surface area contributed by atoms with Crippen molar-refractivity contribution in [2.75, 3.05) is 0 Å². The minimum absolute atomic E-state index is 0.264. The Kier molecular flexibility index (Phi) is 3.78. The summed E-state index contributed by atoms with van der Waals surface area (Å²) >= 11 is 0. The zero-order valence-corrected chi connectivity index (χ0v) is 15.2. The van der Waals surface area contributed by atoms with Crippen LogP contribution in [0.25, 0.3) is 11.1 Å². The van der Waals surface area contributed by atoms with E-state index >= 15 is 0 Å². The molecule has 2 fully saturated rings. The Bertz CT molecular complexity index is 801. The average molecular weight is 339 g/mol. The second-order valence-electron chi connectivity index (χ2n) is 8.07. The maximum atomic E-state index is 14.8. The van der Waals surface area contributed by atoms with Crippen molar-refractivity contribution in [3.8, 4) is 11.1 Å². The van der Waals surface area contributed by atoms with Gasteiger partial charge in [0.05, 0.1) is 11.2 Å². The molecule has 1 aromatic carbocycles. The molecule has 0 atom stereocenters.